The minimum atomic E-state index is -1.85. The van der Waals surface area contributed by atoms with Crippen molar-refractivity contribution in [1.29, 1.82) is 0 Å². The van der Waals surface area contributed by atoms with Gasteiger partial charge in [0.15, 0.2) is 5.96 Å². The number of aromatic hydroxyl groups is 1. The third-order valence-electron chi connectivity index (χ3n) is 11.6. The molecule has 0 aromatic heterocycles. The molecule has 8 amide bonds. The lowest BCUT2D eigenvalue weighted by molar-refractivity contribution is -0.142. The smallest absolute Gasteiger partial charge is 0.326 e. The second-order valence-corrected chi connectivity index (χ2v) is 19.8. The van der Waals surface area contributed by atoms with E-state index in [9.17, 15) is 73.2 Å². The van der Waals surface area contributed by atoms with Crippen LogP contribution in [0.15, 0.2) is 29.3 Å². The topological polar surface area (TPSA) is 502 Å². The molecule has 0 saturated carbocycles. The summed E-state index contributed by atoms with van der Waals surface area (Å²) in [6.07, 6.45) is -1.59. The summed E-state index contributed by atoms with van der Waals surface area (Å²) >= 11 is 0. The number of aliphatic hydroxyl groups is 1. The van der Waals surface area contributed by atoms with Crippen LogP contribution in [0.3, 0.4) is 0 Å². The van der Waals surface area contributed by atoms with Gasteiger partial charge in [0.1, 0.15) is 54.1 Å². The highest BCUT2D eigenvalue weighted by Gasteiger charge is 2.36. The molecule has 0 saturated heterocycles. The normalized spacial score (nSPS) is 14.6. The van der Waals surface area contributed by atoms with Gasteiger partial charge in [0.2, 0.25) is 47.3 Å². The Labute approximate surface area is 452 Å². The molecular weight excluding hydrogens is 1030 g/mol. The second kappa shape index (κ2) is 34.9. The van der Waals surface area contributed by atoms with Crippen LogP contribution in [0.5, 0.6) is 5.75 Å². The molecule has 0 radical (unpaired) electrons. The van der Waals surface area contributed by atoms with Crippen molar-refractivity contribution < 1.29 is 78.3 Å². The monoisotopic (exact) mass is 1110 g/mol. The van der Waals surface area contributed by atoms with Crippen LogP contribution < -0.4 is 65.5 Å². The lowest BCUT2D eigenvalue weighted by Crippen LogP contribution is -2.61. The summed E-state index contributed by atoms with van der Waals surface area (Å²) in [4.78, 5) is 149. The summed E-state index contributed by atoms with van der Waals surface area (Å²) in [7, 11) is 0. The van der Waals surface area contributed by atoms with Gasteiger partial charge < -0.3 is 91.0 Å². The van der Waals surface area contributed by atoms with Crippen molar-refractivity contribution in [3.05, 3.63) is 29.8 Å². The number of rotatable bonds is 37. The first kappa shape index (κ1) is 68.4. The van der Waals surface area contributed by atoms with Crippen molar-refractivity contribution in [1.82, 2.24) is 42.5 Å². The first-order valence-corrected chi connectivity index (χ1v) is 25.5. The second-order valence-electron chi connectivity index (χ2n) is 19.8. The van der Waals surface area contributed by atoms with E-state index in [2.05, 4.69) is 47.5 Å². The molecule has 21 N–H and O–H groups in total. The molecule has 9 atom stereocenters. The van der Waals surface area contributed by atoms with Gasteiger partial charge in [-0.2, -0.15) is 0 Å². The summed E-state index contributed by atoms with van der Waals surface area (Å²) in [6.45, 7) is 9.37. The number of nitrogens with two attached hydrogens (primary N) is 4. The van der Waals surface area contributed by atoms with E-state index < -0.39 is 145 Å². The number of hydrogen-bond acceptors (Lipinski definition) is 16. The van der Waals surface area contributed by atoms with Crippen LogP contribution >= 0.6 is 0 Å². The predicted molar refractivity (Wildman–Crippen MR) is 281 cm³/mol. The Morgan fingerprint density at radius 2 is 0.949 bits per heavy atom. The van der Waals surface area contributed by atoms with Crippen LogP contribution in [0.4, 0.5) is 0 Å². The van der Waals surface area contributed by atoms with Crippen LogP contribution in [-0.4, -0.2) is 171 Å². The van der Waals surface area contributed by atoms with Gasteiger partial charge in [-0.25, -0.2) is 4.79 Å². The zero-order valence-corrected chi connectivity index (χ0v) is 44.9. The third kappa shape index (κ3) is 26.4. The number of nitrogens with one attached hydrogen (secondary N) is 8. The van der Waals surface area contributed by atoms with Gasteiger partial charge in [-0.3, -0.25) is 52.9 Å². The van der Waals surface area contributed by atoms with Gasteiger partial charge in [0.25, 0.3) is 0 Å². The molecule has 1 rings (SSSR count). The van der Waals surface area contributed by atoms with Crippen molar-refractivity contribution in [2.45, 2.75) is 160 Å². The number of aliphatic carboxylic acids is 3. The molecule has 438 valence electrons. The number of carbonyl (C=O) groups excluding carboxylic acids is 8. The van der Waals surface area contributed by atoms with Gasteiger partial charge in [0.05, 0.1) is 25.5 Å². The lowest BCUT2D eigenvalue weighted by Gasteiger charge is -2.29. The number of hydrogen-bond donors (Lipinski definition) is 17. The highest BCUT2D eigenvalue weighted by atomic mass is 16.4. The number of guanidine groups is 1. The van der Waals surface area contributed by atoms with Crippen LogP contribution in [0, 0.1) is 17.8 Å². The fraction of sp³-hybridized carbons (Fsp3) is 0.633. The Hall–Kier alpha value is -7.66. The van der Waals surface area contributed by atoms with E-state index in [1.165, 1.54) is 24.3 Å². The Morgan fingerprint density at radius 3 is 1.40 bits per heavy atom. The molecule has 0 heterocycles. The van der Waals surface area contributed by atoms with Crippen LogP contribution in [0.1, 0.15) is 105 Å². The summed E-state index contributed by atoms with van der Waals surface area (Å²) in [5.41, 5.74) is 22.7. The van der Waals surface area contributed by atoms with E-state index in [1.807, 2.05) is 0 Å². The minimum Gasteiger partial charge on any atom is -0.508 e. The minimum absolute atomic E-state index is 0.00660. The summed E-state index contributed by atoms with van der Waals surface area (Å²) < 4.78 is 0. The maximum atomic E-state index is 14.2. The predicted octanol–water partition coefficient (Wildman–Crippen LogP) is -3.90. The molecular formula is C49H81N13O16. The van der Waals surface area contributed by atoms with Crippen molar-refractivity contribution >= 4 is 71.1 Å². The number of unbranched alkanes of at least 4 members (excludes halogenated alkanes) is 1. The SMILES string of the molecule is CC(C)C[C@H](NC(=O)[C@H](CCCCN)NC(=O)[C@H](CCCN=C(N)N)NC(=O)[C@H](CC(=O)O)NC(=O)[C@@H](N)CC(=O)O)C(=O)N[C@@H](CC(C)C)C(=O)N[C@H](C(=O)N[C@@H](CO)C(=O)N[C@@H](Cc1ccc(O)cc1)C(=O)O)C(C)C. The first-order chi connectivity index (χ1) is 36.5. The molecule has 29 heteroatoms. The highest BCUT2D eigenvalue weighted by Crippen LogP contribution is 2.14. The molecule has 0 spiro atoms. The lowest BCUT2D eigenvalue weighted by atomic mass is 9.98. The summed E-state index contributed by atoms with van der Waals surface area (Å²) in [5, 5.41) is 67.7. The zero-order valence-electron chi connectivity index (χ0n) is 44.9. The van der Waals surface area contributed by atoms with Crippen molar-refractivity contribution in [2.24, 2.45) is 45.7 Å². The highest BCUT2D eigenvalue weighted by molar-refractivity contribution is 5.99. The number of aliphatic hydroxyl groups excluding tert-OH is 1. The van der Waals surface area contributed by atoms with Gasteiger partial charge >= 0.3 is 17.9 Å². The van der Waals surface area contributed by atoms with Crippen LogP contribution in [-0.2, 0) is 59.2 Å². The maximum Gasteiger partial charge on any atom is 0.326 e. The number of carboxylic acid groups (broad SMARTS) is 3. The van der Waals surface area contributed by atoms with Gasteiger partial charge in [0, 0.05) is 13.0 Å². The number of benzene rings is 1. The fourth-order valence-corrected chi connectivity index (χ4v) is 7.56. The molecule has 0 aliphatic rings. The number of phenolic OH excluding ortho intramolecular Hbond substituents is 1. The molecule has 78 heavy (non-hydrogen) atoms. The standard InChI is InChI=1S/C49H81N13O16/c1-24(2)18-32(43(72)59-33(19-25(3)4)45(74)62-39(26(5)6)47(76)61-36(23-63)46(75)60-35(48(77)78)20-27-12-14-28(64)15-13-27)58-42(71)30(10-7-8-16-50)55-41(70)31(11-9-17-54-49(52)53)56-44(73)34(22-38(67)68)57-40(69)29(51)21-37(65)66/h12-15,24-26,29-36,39,63-64H,7-11,16-23,50-51H2,1-6H3,(H,55,70)(H,56,73)(H,57,69)(H,58,71)(H,59,72)(H,60,75)(H,61,76)(H,62,74)(H,65,66)(H,67,68)(H,77,78)(H4,52,53,54)/t29-,30-,31-,32-,33-,34-,35-,36-,39-/m0/s1. The average Bonchev–Trinajstić information content (AvgIpc) is 3.33. The largest absolute Gasteiger partial charge is 0.508 e. The number of amides is 8. The van der Waals surface area contributed by atoms with E-state index in [1.54, 1.807) is 41.5 Å². The summed E-state index contributed by atoms with van der Waals surface area (Å²) in [6, 6.07) is -8.07. The molecule has 0 aliphatic heterocycles. The number of aliphatic imine (C=N–C) groups is 1. The Morgan fingerprint density at radius 1 is 0.526 bits per heavy atom. The summed E-state index contributed by atoms with van der Waals surface area (Å²) in [5.74, 6) is -13.7. The maximum absolute atomic E-state index is 14.2. The Balaban J connectivity index is 3.46. The average molecular weight is 1110 g/mol. The van der Waals surface area contributed by atoms with E-state index in [-0.39, 0.29) is 81.6 Å². The molecule has 0 bridgehead atoms. The van der Waals surface area contributed by atoms with Crippen molar-refractivity contribution in [3.8, 4) is 5.75 Å². The Kier molecular flexibility index (Phi) is 30.6. The van der Waals surface area contributed by atoms with Crippen LogP contribution in [0.2, 0.25) is 0 Å². The Bertz CT molecular complexity index is 2230. The number of phenols is 1. The molecule has 0 fully saturated rings. The van der Waals surface area contributed by atoms with Crippen molar-refractivity contribution in [2.75, 3.05) is 19.7 Å². The molecule has 1 aromatic carbocycles. The molecule has 29 nitrogen and oxygen atoms in total. The van der Waals surface area contributed by atoms with E-state index in [4.69, 9.17) is 28.0 Å². The quantitative estimate of drug-likeness (QED) is 0.0172. The fourth-order valence-electron chi connectivity index (χ4n) is 7.56. The van der Waals surface area contributed by atoms with E-state index in [0.29, 0.717) is 12.0 Å². The van der Waals surface area contributed by atoms with Crippen molar-refractivity contribution in [3.63, 3.8) is 0 Å². The number of carbonyl (C=O) groups is 11. The number of nitrogens with zero attached hydrogens (tertiary/aromatic N) is 1. The zero-order chi connectivity index (χ0) is 59.4. The molecule has 0 unspecified atom stereocenters. The third-order valence-corrected chi connectivity index (χ3v) is 11.6. The van der Waals surface area contributed by atoms with Gasteiger partial charge in [-0.05, 0) is 86.9 Å². The van der Waals surface area contributed by atoms with Gasteiger partial charge in [-0.15, -0.1) is 0 Å². The number of carboxylic acids is 3. The van der Waals surface area contributed by atoms with Crippen LogP contribution in [0.25, 0.3) is 0 Å². The van der Waals surface area contributed by atoms with E-state index >= 15 is 0 Å². The molecule has 1 aromatic rings. The first-order valence-electron chi connectivity index (χ1n) is 25.5. The molecule has 0 aliphatic carbocycles. The van der Waals surface area contributed by atoms with Gasteiger partial charge in [-0.1, -0.05) is 53.7 Å². The van der Waals surface area contributed by atoms with E-state index in [0.717, 1.165) is 0 Å².